The molecule has 3 heteroatoms. The Bertz CT molecular complexity index is 303. The Hall–Kier alpha value is -0.333. The molecule has 1 atom stereocenters. The van der Waals surface area contributed by atoms with Crippen LogP contribution in [0, 0.1) is 17.2 Å². The molecular formula is C7H15NOSi. The third-order valence-corrected chi connectivity index (χ3v) is 1.29. The predicted octanol–water partition coefficient (Wildman–Crippen LogP) is 2.00. The summed E-state index contributed by atoms with van der Waals surface area (Å²) in [5.41, 5.74) is 0. The average molecular weight is 163 g/mol. The largest absolute Gasteiger partial charge is 0.416 e. The van der Waals surface area contributed by atoms with E-state index in [4.69, 9.17) is 17.9 Å². The maximum absolute atomic E-state index is 8.75. The van der Waals surface area contributed by atoms with Gasteiger partial charge in [0.15, 0.2) is 8.32 Å². The van der Waals surface area contributed by atoms with Gasteiger partial charge in [-0.05, 0) is 26.5 Å². The van der Waals surface area contributed by atoms with Crippen LogP contribution in [-0.2, 0) is 4.43 Å². The third kappa shape index (κ3) is 5.80. The third-order valence-electron chi connectivity index (χ3n) is 0.571. The smallest absolute Gasteiger partial charge is 0.183 e. The van der Waals surface area contributed by atoms with Crippen LogP contribution in [0.5, 0.6) is 0 Å². The number of hydrogen-bond acceptors (Lipinski definition) is 2. The van der Waals surface area contributed by atoms with E-state index in [9.17, 15) is 0 Å². The van der Waals surface area contributed by atoms with Crippen LogP contribution in [0.15, 0.2) is 0 Å². The fraction of sp³-hybridized carbons (Fsp3) is 0.857. The highest BCUT2D eigenvalue weighted by Crippen LogP contribution is 2.04. The summed E-state index contributed by atoms with van der Waals surface area (Å²) in [5.74, 6) is -2.92. The summed E-state index contributed by atoms with van der Waals surface area (Å²) in [7, 11) is -2.39. The Morgan fingerprint density at radius 3 is 2.80 bits per heavy atom. The fourth-order valence-electron chi connectivity index (χ4n) is 0.227. The zero-order chi connectivity index (χ0) is 13.4. The van der Waals surface area contributed by atoms with E-state index in [1.165, 1.54) is 6.07 Å². The van der Waals surface area contributed by atoms with E-state index in [-0.39, 0.29) is 0 Å². The molecule has 10 heavy (non-hydrogen) atoms. The molecule has 0 N–H and O–H groups in total. The van der Waals surface area contributed by atoms with Crippen LogP contribution in [0.2, 0.25) is 19.6 Å². The van der Waals surface area contributed by atoms with Crippen molar-refractivity contribution in [1.82, 2.24) is 0 Å². The molecule has 0 radical (unpaired) electrons. The molecule has 0 heterocycles. The van der Waals surface area contributed by atoms with Gasteiger partial charge in [-0.2, -0.15) is 5.26 Å². The first-order valence-electron chi connectivity index (χ1n) is 5.88. The van der Waals surface area contributed by atoms with Crippen LogP contribution in [0.4, 0.5) is 0 Å². The van der Waals surface area contributed by atoms with Crippen LogP contribution in [-0.4, -0.2) is 14.9 Å². The summed E-state index contributed by atoms with van der Waals surface area (Å²) in [6.07, 6.45) is 0. The lowest BCUT2D eigenvalue weighted by Gasteiger charge is -2.17. The molecule has 2 nitrogen and oxygen atoms in total. The second-order valence-corrected chi connectivity index (χ2v) is 7.23. The highest BCUT2D eigenvalue weighted by atomic mass is 28.4. The highest BCUT2D eigenvalue weighted by Gasteiger charge is 2.14. The van der Waals surface area contributed by atoms with E-state index in [2.05, 4.69) is 0 Å². The molecule has 0 saturated heterocycles. The first-order chi connectivity index (χ1) is 6.77. The first-order valence-corrected chi connectivity index (χ1v) is 6.29. The molecule has 1 unspecified atom stereocenters. The zero-order valence-corrected chi connectivity index (χ0v) is 7.36. The Morgan fingerprint density at radius 2 is 2.50 bits per heavy atom. The molecule has 0 aliphatic heterocycles. The van der Waals surface area contributed by atoms with E-state index in [0.717, 1.165) is 0 Å². The Balaban J connectivity index is 5.35. The van der Waals surface area contributed by atoms with Crippen LogP contribution in [0.25, 0.3) is 0 Å². The van der Waals surface area contributed by atoms with Gasteiger partial charge in [0.25, 0.3) is 0 Å². The SMILES string of the molecule is [2H]C([2H])([2H])C([2H])(C#N)C([2H])([2H])O[Si](C)(C)C. The molecule has 58 valence electrons. The summed E-state index contributed by atoms with van der Waals surface area (Å²) >= 11 is 0. The summed E-state index contributed by atoms with van der Waals surface area (Å²) < 4.78 is 48.7. The Labute approximate surface area is 72.4 Å². The second kappa shape index (κ2) is 3.74. The molecular weight excluding hydrogens is 142 g/mol. The maximum atomic E-state index is 8.75. The van der Waals surface area contributed by atoms with Crippen molar-refractivity contribution in [2.75, 3.05) is 6.56 Å². The van der Waals surface area contributed by atoms with Crippen LogP contribution in [0.3, 0.4) is 0 Å². The second-order valence-electron chi connectivity index (χ2n) is 2.80. The van der Waals surface area contributed by atoms with E-state index < -0.39 is 27.6 Å². The van der Waals surface area contributed by atoms with Crippen LogP contribution >= 0.6 is 0 Å². The molecule has 0 saturated carbocycles. The van der Waals surface area contributed by atoms with Gasteiger partial charge in [0.05, 0.1) is 14.7 Å². The number of nitrogens with zero attached hydrogens (tertiary/aromatic N) is 1. The van der Waals surface area contributed by atoms with E-state index in [1.54, 1.807) is 19.6 Å². The minimum atomic E-state index is -3.06. The molecule has 0 bridgehead atoms. The van der Waals surface area contributed by atoms with Gasteiger partial charge in [0, 0.05) is 12.0 Å². The minimum absolute atomic E-state index is 1.21. The van der Waals surface area contributed by atoms with Crippen molar-refractivity contribution in [2.45, 2.75) is 26.5 Å². The van der Waals surface area contributed by atoms with Gasteiger partial charge < -0.3 is 4.43 Å². The van der Waals surface area contributed by atoms with Gasteiger partial charge >= 0.3 is 0 Å². The van der Waals surface area contributed by atoms with Crippen molar-refractivity contribution in [3.63, 3.8) is 0 Å². The minimum Gasteiger partial charge on any atom is -0.416 e. The van der Waals surface area contributed by atoms with Crippen molar-refractivity contribution >= 4 is 8.32 Å². The molecule has 0 aromatic rings. The number of rotatable bonds is 3. The molecule has 0 fully saturated rings. The van der Waals surface area contributed by atoms with E-state index in [0.29, 0.717) is 0 Å². The summed E-state index contributed by atoms with van der Waals surface area (Å²) in [4.78, 5) is 0. The van der Waals surface area contributed by atoms with Crippen molar-refractivity contribution < 1.29 is 12.7 Å². The van der Waals surface area contributed by atoms with Gasteiger partial charge in [-0.25, -0.2) is 0 Å². The zero-order valence-electron chi connectivity index (χ0n) is 12.4. The summed E-state index contributed by atoms with van der Waals surface area (Å²) in [6, 6.07) is 1.21. The van der Waals surface area contributed by atoms with Crippen molar-refractivity contribution in [2.24, 2.45) is 5.89 Å². The van der Waals surface area contributed by atoms with Crippen molar-refractivity contribution in [1.29, 1.82) is 5.26 Å². The monoisotopic (exact) mass is 163 g/mol. The Morgan fingerprint density at radius 1 is 1.90 bits per heavy atom. The normalized spacial score (nSPS) is 29.0. The van der Waals surface area contributed by atoms with Crippen molar-refractivity contribution in [3.8, 4) is 6.07 Å². The molecule has 0 rings (SSSR count). The van der Waals surface area contributed by atoms with Crippen molar-refractivity contribution in [3.05, 3.63) is 0 Å². The molecule has 0 aromatic heterocycles. The van der Waals surface area contributed by atoms with Gasteiger partial charge in [-0.3, -0.25) is 0 Å². The molecule has 0 amide bonds. The van der Waals surface area contributed by atoms with Gasteiger partial charge in [0.1, 0.15) is 0 Å². The molecule has 0 aliphatic rings. The number of hydrogen-bond donors (Lipinski definition) is 0. The van der Waals surface area contributed by atoms with Crippen LogP contribution in [0.1, 0.15) is 15.1 Å². The lowest BCUT2D eigenvalue weighted by Crippen LogP contribution is -2.27. The van der Waals surface area contributed by atoms with Gasteiger partial charge in [-0.15, -0.1) is 0 Å². The quantitative estimate of drug-likeness (QED) is 0.596. The summed E-state index contributed by atoms with van der Waals surface area (Å²) in [6.45, 7) is -0.922. The standard InChI is InChI=1S/C7H15NOSi/c1-7(5-8)6-9-10(2,3)4/h7H,6H2,1-4H3/i1D3,6D2,7D. The predicted molar refractivity (Wildman–Crippen MR) is 44.1 cm³/mol. The molecule has 0 spiro atoms. The topological polar surface area (TPSA) is 33.0 Å². The molecule has 0 aromatic carbocycles. The van der Waals surface area contributed by atoms with E-state index in [1.807, 2.05) is 0 Å². The van der Waals surface area contributed by atoms with Gasteiger partial charge in [0.2, 0.25) is 0 Å². The van der Waals surface area contributed by atoms with Crippen LogP contribution < -0.4 is 0 Å². The average Bonchev–Trinajstić information content (AvgIpc) is 1.95. The molecule has 0 aliphatic carbocycles. The fourth-order valence-corrected chi connectivity index (χ4v) is 0.635. The lowest BCUT2D eigenvalue weighted by atomic mass is 10.2. The van der Waals surface area contributed by atoms with E-state index >= 15 is 0 Å². The highest BCUT2D eigenvalue weighted by molar-refractivity contribution is 6.69. The Kier molecular flexibility index (Phi) is 1.26. The lowest BCUT2D eigenvalue weighted by molar-refractivity contribution is 0.282. The van der Waals surface area contributed by atoms with Gasteiger partial charge in [-0.1, -0.05) is 0 Å². The number of nitriles is 1. The maximum Gasteiger partial charge on any atom is 0.183 e. The summed E-state index contributed by atoms with van der Waals surface area (Å²) in [5, 5.41) is 8.75. The first kappa shape index (κ1) is 3.38.